The Bertz CT molecular complexity index is 418. The fourth-order valence-corrected chi connectivity index (χ4v) is 1.53. The van der Waals surface area contributed by atoms with E-state index in [-0.39, 0.29) is 11.9 Å². The monoisotopic (exact) mass is 250 g/mol. The Morgan fingerprint density at radius 1 is 1.28 bits per heavy atom. The standard InChI is InChI=1S/C13H18N2O3/c1-14-11-7-4-3-6-10(11)13(17)15-9-5-8-12(16)18-2/h3-4,6-7,14H,5,8-9H2,1-2H3,(H,15,17). The van der Waals surface area contributed by atoms with Gasteiger partial charge >= 0.3 is 5.97 Å². The minimum Gasteiger partial charge on any atom is -0.469 e. The number of anilines is 1. The van der Waals surface area contributed by atoms with Crippen LogP contribution in [0.5, 0.6) is 0 Å². The van der Waals surface area contributed by atoms with Crippen molar-refractivity contribution >= 4 is 17.6 Å². The van der Waals surface area contributed by atoms with Crippen LogP contribution in [0.1, 0.15) is 23.2 Å². The average Bonchev–Trinajstić information content (AvgIpc) is 2.42. The Hall–Kier alpha value is -2.04. The largest absolute Gasteiger partial charge is 0.469 e. The number of carbonyl (C=O) groups is 2. The molecular formula is C13H18N2O3. The molecule has 1 aromatic carbocycles. The first kappa shape index (κ1) is 14.0. The number of esters is 1. The molecule has 0 fully saturated rings. The van der Waals surface area contributed by atoms with E-state index in [0.717, 1.165) is 5.69 Å². The molecule has 0 heterocycles. The van der Waals surface area contributed by atoms with E-state index < -0.39 is 0 Å². The van der Waals surface area contributed by atoms with Gasteiger partial charge in [0, 0.05) is 25.7 Å². The minimum atomic E-state index is -0.264. The molecule has 5 nitrogen and oxygen atoms in total. The Morgan fingerprint density at radius 2 is 2.00 bits per heavy atom. The number of benzene rings is 1. The normalized spacial score (nSPS) is 9.67. The molecule has 0 radical (unpaired) electrons. The molecule has 1 amide bonds. The predicted molar refractivity (Wildman–Crippen MR) is 69.6 cm³/mol. The zero-order valence-corrected chi connectivity index (χ0v) is 10.7. The molecule has 0 unspecified atom stereocenters. The van der Waals surface area contributed by atoms with Crippen molar-refractivity contribution in [3.63, 3.8) is 0 Å². The van der Waals surface area contributed by atoms with E-state index in [2.05, 4.69) is 15.4 Å². The molecule has 1 rings (SSSR count). The zero-order chi connectivity index (χ0) is 13.4. The Labute approximate surface area is 107 Å². The third-order valence-electron chi connectivity index (χ3n) is 2.51. The Balaban J connectivity index is 2.43. The first-order valence-electron chi connectivity index (χ1n) is 5.81. The van der Waals surface area contributed by atoms with Crippen LogP contribution in [0.25, 0.3) is 0 Å². The highest BCUT2D eigenvalue weighted by molar-refractivity contribution is 5.99. The van der Waals surface area contributed by atoms with E-state index in [1.807, 2.05) is 18.2 Å². The van der Waals surface area contributed by atoms with Gasteiger partial charge in [0.2, 0.25) is 0 Å². The van der Waals surface area contributed by atoms with E-state index >= 15 is 0 Å². The van der Waals surface area contributed by atoms with Gasteiger partial charge in [0.15, 0.2) is 0 Å². The average molecular weight is 250 g/mol. The molecule has 0 aliphatic heterocycles. The molecular weight excluding hydrogens is 232 g/mol. The summed E-state index contributed by atoms with van der Waals surface area (Å²) >= 11 is 0. The van der Waals surface area contributed by atoms with E-state index in [0.29, 0.717) is 24.9 Å². The van der Waals surface area contributed by atoms with Crippen LogP contribution in [0.3, 0.4) is 0 Å². The second-order valence-electron chi connectivity index (χ2n) is 3.73. The zero-order valence-electron chi connectivity index (χ0n) is 10.7. The van der Waals surface area contributed by atoms with Crippen molar-refractivity contribution in [2.24, 2.45) is 0 Å². The van der Waals surface area contributed by atoms with Gasteiger partial charge in [0.05, 0.1) is 12.7 Å². The summed E-state index contributed by atoms with van der Waals surface area (Å²) in [6.45, 7) is 0.450. The highest BCUT2D eigenvalue weighted by Gasteiger charge is 2.09. The third-order valence-corrected chi connectivity index (χ3v) is 2.51. The first-order valence-corrected chi connectivity index (χ1v) is 5.81. The molecule has 18 heavy (non-hydrogen) atoms. The van der Waals surface area contributed by atoms with Gasteiger partial charge in [0.1, 0.15) is 0 Å². The van der Waals surface area contributed by atoms with Gasteiger partial charge in [-0.3, -0.25) is 9.59 Å². The van der Waals surface area contributed by atoms with Crippen LogP contribution in [-0.4, -0.2) is 32.6 Å². The lowest BCUT2D eigenvalue weighted by Crippen LogP contribution is -2.25. The Kier molecular flexibility index (Phi) is 5.70. The Morgan fingerprint density at radius 3 is 2.67 bits per heavy atom. The molecule has 0 saturated carbocycles. The van der Waals surface area contributed by atoms with Gasteiger partial charge in [-0.05, 0) is 18.6 Å². The van der Waals surface area contributed by atoms with Crippen molar-refractivity contribution in [3.05, 3.63) is 29.8 Å². The molecule has 0 aliphatic carbocycles. The van der Waals surface area contributed by atoms with Gasteiger partial charge in [-0.2, -0.15) is 0 Å². The van der Waals surface area contributed by atoms with E-state index in [9.17, 15) is 9.59 Å². The summed E-state index contributed by atoms with van der Waals surface area (Å²) in [5, 5.41) is 5.73. The van der Waals surface area contributed by atoms with E-state index in [4.69, 9.17) is 0 Å². The van der Waals surface area contributed by atoms with Crippen LogP contribution in [0.15, 0.2) is 24.3 Å². The van der Waals surface area contributed by atoms with Crippen LogP contribution >= 0.6 is 0 Å². The number of carbonyl (C=O) groups excluding carboxylic acids is 2. The SMILES string of the molecule is CNc1ccccc1C(=O)NCCCC(=O)OC. The van der Waals surface area contributed by atoms with E-state index in [1.54, 1.807) is 13.1 Å². The molecule has 0 aromatic heterocycles. The number of amides is 1. The number of methoxy groups -OCH3 is 1. The van der Waals surface area contributed by atoms with Gasteiger partial charge in [-0.25, -0.2) is 0 Å². The maximum Gasteiger partial charge on any atom is 0.305 e. The highest BCUT2D eigenvalue weighted by Crippen LogP contribution is 2.13. The molecule has 1 aromatic rings. The molecule has 0 atom stereocenters. The van der Waals surface area contributed by atoms with Crippen LogP contribution in [0.4, 0.5) is 5.69 Å². The fourth-order valence-electron chi connectivity index (χ4n) is 1.53. The summed E-state index contributed by atoms with van der Waals surface area (Å²) in [7, 11) is 3.12. The molecule has 0 bridgehead atoms. The number of ether oxygens (including phenoxy) is 1. The van der Waals surface area contributed by atoms with Crippen molar-refractivity contribution < 1.29 is 14.3 Å². The summed E-state index contributed by atoms with van der Waals surface area (Å²) < 4.78 is 4.52. The van der Waals surface area contributed by atoms with Gasteiger partial charge in [-0.1, -0.05) is 12.1 Å². The highest BCUT2D eigenvalue weighted by atomic mass is 16.5. The van der Waals surface area contributed by atoms with E-state index in [1.165, 1.54) is 7.11 Å². The van der Waals surface area contributed by atoms with Gasteiger partial charge in [-0.15, -0.1) is 0 Å². The molecule has 98 valence electrons. The molecule has 5 heteroatoms. The molecule has 2 N–H and O–H groups in total. The topological polar surface area (TPSA) is 67.4 Å². The van der Waals surface area contributed by atoms with Crippen molar-refractivity contribution in [1.29, 1.82) is 0 Å². The van der Waals surface area contributed by atoms with Gasteiger partial charge < -0.3 is 15.4 Å². The minimum absolute atomic E-state index is 0.148. The van der Waals surface area contributed by atoms with Gasteiger partial charge in [0.25, 0.3) is 5.91 Å². The smallest absolute Gasteiger partial charge is 0.305 e. The lowest BCUT2D eigenvalue weighted by atomic mass is 10.1. The maximum absolute atomic E-state index is 11.9. The third kappa shape index (κ3) is 4.08. The van der Waals surface area contributed by atoms with Crippen LogP contribution in [-0.2, 0) is 9.53 Å². The lowest BCUT2D eigenvalue weighted by molar-refractivity contribution is -0.140. The second kappa shape index (κ2) is 7.32. The van der Waals surface area contributed by atoms with Crippen molar-refractivity contribution in [2.75, 3.05) is 26.0 Å². The number of hydrogen-bond acceptors (Lipinski definition) is 4. The summed E-state index contributed by atoms with van der Waals surface area (Å²) in [5.41, 5.74) is 1.38. The predicted octanol–water partition coefficient (Wildman–Crippen LogP) is 1.41. The van der Waals surface area contributed by atoms with Crippen molar-refractivity contribution in [3.8, 4) is 0 Å². The number of para-hydroxylation sites is 1. The summed E-state index contributed by atoms with van der Waals surface area (Å²) in [4.78, 5) is 22.8. The fraction of sp³-hybridized carbons (Fsp3) is 0.385. The summed E-state index contributed by atoms with van der Waals surface area (Å²) in [5.74, 6) is -0.412. The van der Waals surface area contributed by atoms with Crippen LogP contribution in [0.2, 0.25) is 0 Å². The number of nitrogens with one attached hydrogen (secondary N) is 2. The number of hydrogen-bond donors (Lipinski definition) is 2. The van der Waals surface area contributed by atoms with Crippen molar-refractivity contribution in [1.82, 2.24) is 5.32 Å². The molecule has 0 saturated heterocycles. The number of rotatable bonds is 6. The lowest BCUT2D eigenvalue weighted by Gasteiger charge is -2.09. The molecule has 0 aliphatic rings. The molecule has 0 spiro atoms. The first-order chi connectivity index (χ1) is 8.69. The summed E-state index contributed by atoms with van der Waals surface area (Å²) in [6.07, 6.45) is 0.880. The van der Waals surface area contributed by atoms with Crippen LogP contribution < -0.4 is 10.6 Å². The van der Waals surface area contributed by atoms with Crippen molar-refractivity contribution in [2.45, 2.75) is 12.8 Å². The quantitative estimate of drug-likeness (QED) is 0.591. The second-order valence-corrected chi connectivity index (χ2v) is 3.73. The summed E-state index contributed by atoms with van der Waals surface area (Å²) in [6, 6.07) is 7.26. The van der Waals surface area contributed by atoms with Crippen LogP contribution in [0, 0.1) is 0 Å². The maximum atomic E-state index is 11.9.